The molecule has 2 heterocycles. The standard InChI is InChI=1S/C17H23N3O2.C2H6/c1-2-4-17(5-3-1)20-10-8-19(9-11-20)12-15-21-13-6-16-7-14-22-18-16;1-2/h1-5,7,14H,6,8-13,15H2;1-2H3. The van der Waals surface area contributed by atoms with Crippen LogP contribution in [0.2, 0.25) is 0 Å². The van der Waals surface area contributed by atoms with Crippen molar-refractivity contribution in [3.63, 3.8) is 0 Å². The van der Waals surface area contributed by atoms with Crippen molar-refractivity contribution in [1.29, 1.82) is 0 Å². The van der Waals surface area contributed by atoms with Crippen molar-refractivity contribution in [3.05, 3.63) is 48.4 Å². The summed E-state index contributed by atoms with van der Waals surface area (Å²) in [6, 6.07) is 12.5. The average molecular weight is 331 g/mol. The fraction of sp³-hybridized carbons (Fsp3) is 0.526. The lowest BCUT2D eigenvalue weighted by atomic mass is 10.2. The van der Waals surface area contributed by atoms with Crippen LogP contribution in [0.4, 0.5) is 5.69 Å². The second-order valence-corrected chi connectivity index (χ2v) is 5.52. The number of ether oxygens (including phenoxy) is 1. The summed E-state index contributed by atoms with van der Waals surface area (Å²) in [6.45, 7) is 10.9. The highest BCUT2D eigenvalue weighted by Gasteiger charge is 2.16. The number of nitrogens with zero attached hydrogens (tertiary/aromatic N) is 3. The van der Waals surface area contributed by atoms with E-state index in [9.17, 15) is 0 Å². The van der Waals surface area contributed by atoms with Gasteiger partial charge in [0.2, 0.25) is 0 Å². The molecule has 0 atom stereocenters. The molecule has 1 aromatic carbocycles. The SMILES string of the molecule is CC.c1ccc(N2CCN(CCOCCc3ccon3)CC2)cc1. The zero-order chi connectivity index (χ0) is 17.0. The smallest absolute Gasteiger partial charge is 0.124 e. The summed E-state index contributed by atoms with van der Waals surface area (Å²) in [7, 11) is 0. The van der Waals surface area contributed by atoms with Crippen LogP contribution in [0.3, 0.4) is 0 Å². The summed E-state index contributed by atoms with van der Waals surface area (Å²) in [5.74, 6) is 0. The molecular weight excluding hydrogens is 302 g/mol. The number of piperazine rings is 1. The molecule has 0 amide bonds. The summed E-state index contributed by atoms with van der Waals surface area (Å²) in [4.78, 5) is 4.91. The van der Waals surface area contributed by atoms with E-state index >= 15 is 0 Å². The first-order chi connectivity index (χ1) is 11.9. The molecule has 0 N–H and O–H groups in total. The Kier molecular flexibility index (Phi) is 8.35. The van der Waals surface area contributed by atoms with E-state index < -0.39 is 0 Å². The van der Waals surface area contributed by atoms with E-state index in [1.54, 1.807) is 6.26 Å². The number of benzene rings is 1. The molecule has 24 heavy (non-hydrogen) atoms. The van der Waals surface area contributed by atoms with E-state index in [1.165, 1.54) is 5.69 Å². The third-order valence-electron chi connectivity index (χ3n) is 4.04. The molecule has 132 valence electrons. The molecule has 5 nitrogen and oxygen atoms in total. The van der Waals surface area contributed by atoms with Crippen molar-refractivity contribution < 1.29 is 9.26 Å². The van der Waals surface area contributed by atoms with Crippen molar-refractivity contribution in [3.8, 4) is 0 Å². The van der Waals surface area contributed by atoms with Crippen molar-refractivity contribution >= 4 is 5.69 Å². The van der Waals surface area contributed by atoms with Gasteiger partial charge in [0.25, 0.3) is 0 Å². The minimum atomic E-state index is 0.705. The van der Waals surface area contributed by atoms with Crippen LogP contribution < -0.4 is 4.90 Å². The van der Waals surface area contributed by atoms with Crippen LogP contribution >= 0.6 is 0 Å². The van der Waals surface area contributed by atoms with E-state index in [0.717, 1.165) is 51.4 Å². The predicted octanol–water partition coefficient (Wildman–Crippen LogP) is 3.08. The number of rotatable bonds is 7. The Morgan fingerprint density at radius 3 is 2.42 bits per heavy atom. The maximum absolute atomic E-state index is 5.68. The molecule has 1 fully saturated rings. The third kappa shape index (κ3) is 5.98. The topological polar surface area (TPSA) is 41.7 Å². The molecule has 5 heteroatoms. The second kappa shape index (κ2) is 10.8. The lowest BCUT2D eigenvalue weighted by molar-refractivity contribution is 0.103. The quantitative estimate of drug-likeness (QED) is 0.729. The van der Waals surface area contributed by atoms with Crippen molar-refractivity contribution in [2.24, 2.45) is 0 Å². The van der Waals surface area contributed by atoms with Gasteiger partial charge in [-0.1, -0.05) is 37.2 Å². The van der Waals surface area contributed by atoms with Crippen molar-refractivity contribution in [1.82, 2.24) is 10.1 Å². The molecule has 1 saturated heterocycles. The van der Waals surface area contributed by atoms with Crippen LogP contribution in [0.25, 0.3) is 0 Å². The van der Waals surface area contributed by atoms with Gasteiger partial charge in [-0.05, 0) is 12.1 Å². The summed E-state index contributed by atoms with van der Waals surface area (Å²) in [5, 5.41) is 3.87. The zero-order valence-electron chi connectivity index (χ0n) is 14.9. The van der Waals surface area contributed by atoms with Crippen LogP contribution in [0.5, 0.6) is 0 Å². The Hall–Kier alpha value is -1.85. The molecule has 0 spiro atoms. The van der Waals surface area contributed by atoms with Gasteiger partial charge in [0.05, 0.1) is 18.9 Å². The molecule has 1 aliphatic heterocycles. The van der Waals surface area contributed by atoms with Gasteiger partial charge in [-0.25, -0.2) is 0 Å². The van der Waals surface area contributed by atoms with E-state index in [0.29, 0.717) is 6.61 Å². The Morgan fingerprint density at radius 2 is 1.75 bits per heavy atom. The zero-order valence-corrected chi connectivity index (χ0v) is 14.9. The van der Waals surface area contributed by atoms with Gasteiger partial charge in [-0.15, -0.1) is 0 Å². The second-order valence-electron chi connectivity index (χ2n) is 5.52. The molecule has 0 aliphatic carbocycles. The Morgan fingerprint density at radius 1 is 1.00 bits per heavy atom. The van der Waals surface area contributed by atoms with Crippen LogP contribution in [0.15, 0.2) is 47.2 Å². The fourth-order valence-electron chi connectivity index (χ4n) is 2.71. The van der Waals surface area contributed by atoms with E-state index in [-0.39, 0.29) is 0 Å². The van der Waals surface area contributed by atoms with Crippen LogP contribution in [-0.2, 0) is 11.2 Å². The molecule has 0 radical (unpaired) electrons. The van der Waals surface area contributed by atoms with Gasteiger partial charge in [0.1, 0.15) is 6.26 Å². The molecule has 0 unspecified atom stereocenters. The minimum Gasteiger partial charge on any atom is -0.380 e. The van der Waals surface area contributed by atoms with Gasteiger partial charge < -0.3 is 14.2 Å². The number of aromatic nitrogens is 1. The Labute approximate surface area is 145 Å². The van der Waals surface area contributed by atoms with Crippen LogP contribution in [0, 0.1) is 0 Å². The summed E-state index contributed by atoms with van der Waals surface area (Å²) < 4.78 is 10.5. The first kappa shape index (κ1) is 18.5. The molecule has 1 aromatic heterocycles. The number of hydrogen-bond donors (Lipinski definition) is 0. The minimum absolute atomic E-state index is 0.705. The molecule has 2 aromatic rings. The van der Waals surface area contributed by atoms with Gasteiger partial charge in [0, 0.05) is 50.9 Å². The highest BCUT2D eigenvalue weighted by molar-refractivity contribution is 5.46. The van der Waals surface area contributed by atoms with E-state index in [4.69, 9.17) is 9.26 Å². The fourth-order valence-corrected chi connectivity index (χ4v) is 2.71. The lowest BCUT2D eigenvalue weighted by Crippen LogP contribution is -2.47. The van der Waals surface area contributed by atoms with Gasteiger partial charge in [-0.3, -0.25) is 4.90 Å². The van der Waals surface area contributed by atoms with Crippen molar-refractivity contribution in [2.75, 3.05) is 50.8 Å². The average Bonchev–Trinajstić information content (AvgIpc) is 3.18. The van der Waals surface area contributed by atoms with E-state index in [2.05, 4.69) is 45.3 Å². The number of para-hydroxylation sites is 1. The first-order valence-corrected chi connectivity index (χ1v) is 8.91. The summed E-state index contributed by atoms with van der Waals surface area (Å²) in [5.41, 5.74) is 2.28. The molecule has 3 rings (SSSR count). The van der Waals surface area contributed by atoms with Gasteiger partial charge in [-0.2, -0.15) is 0 Å². The molecular formula is C19H29N3O2. The first-order valence-electron chi connectivity index (χ1n) is 8.91. The van der Waals surface area contributed by atoms with Gasteiger partial charge >= 0.3 is 0 Å². The maximum atomic E-state index is 5.68. The maximum Gasteiger partial charge on any atom is 0.124 e. The summed E-state index contributed by atoms with van der Waals surface area (Å²) >= 11 is 0. The van der Waals surface area contributed by atoms with E-state index in [1.807, 2.05) is 19.9 Å². The van der Waals surface area contributed by atoms with Crippen molar-refractivity contribution in [2.45, 2.75) is 20.3 Å². The van der Waals surface area contributed by atoms with Gasteiger partial charge in [0.15, 0.2) is 0 Å². The molecule has 0 saturated carbocycles. The predicted molar refractivity (Wildman–Crippen MR) is 97.5 cm³/mol. The third-order valence-corrected chi connectivity index (χ3v) is 4.04. The Balaban J connectivity index is 0.00000100. The largest absolute Gasteiger partial charge is 0.380 e. The molecule has 1 aliphatic rings. The number of hydrogen-bond acceptors (Lipinski definition) is 5. The van der Waals surface area contributed by atoms with Crippen LogP contribution in [-0.4, -0.2) is 56.0 Å². The number of anilines is 1. The highest BCUT2D eigenvalue weighted by atomic mass is 16.5. The Bertz CT molecular complexity index is 523. The normalized spacial score (nSPS) is 15.0. The summed E-state index contributed by atoms with van der Waals surface area (Å²) in [6.07, 6.45) is 2.42. The van der Waals surface area contributed by atoms with Crippen LogP contribution in [0.1, 0.15) is 19.5 Å². The highest BCUT2D eigenvalue weighted by Crippen LogP contribution is 2.15. The lowest BCUT2D eigenvalue weighted by Gasteiger charge is -2.36. The molecule has 0 bridgehead atoms. The monoisotopic (exact) mass is 331 g/mol.